The second kappa shape index (κ2) is 57.8. The zero-order chi connectivity index (χ0) is 51.8. The van der Waals surface area contributed by atoms with Crippen LogP contribution in [0.3, 0.4) is 0 Å². The molecule has 0 aromatic carbocycles. The zero-order valence-corrected chi connectivity index (χ0v) is 49.4. The Morgan fingerprint density at radius 1 is 0.254 bits per heavy atom. The lowest BCUT2D eigenvalue weighted by Crippen LogP contribution is -2.25. The summed E-state index contributed by atoms with van der Waals surface area (Å²) in [6.45, 7) is 21.5. The van der Waals surface area contributed by atoms with Gasteiger partial charge in [-0.2, -0.15) is 0 Å². The van der Waals surface area contributed by atoms with E-state index < -0.39 is 0 Å². The minimum atomic E-state index is -0.219. The van der Waals surface area contributed by atoms with E-state index in [2.05, 4.69) is 55.4 Å². The molecule has 0 aliphatic carbocycles. The molecule has 0 amide bonds. The van der Waals surface area contributed by atoms with E-state index in [4.69, 9.17) is 33.2 Å². The van der Waals surface area contributed by atoms with Crippen LogP contribution in [-0.4, -0.2) is 52.2 Å². The van der Waals surface area contributed by atoms with Crippen molar-refractivity contribution >= 4 is 0 Å². The molecule has 2 unspecified atom stereocenters. The number of hydrogen-bond donors (Lipinski definition) is 0. The minimum Gasteiger partial charge on any atom is -0.494 e. The van der Waals surface area contributed by atoms with Crippen molar-refractivity contribution in [2.24, 2.45) is 0 Å². The second-order valence-corrected chi connectivity index (χ2v) is 21.1. The highest BCUT2D eigenvalue weighted by Gasteiger charge is 2.25. The second-order valence-electron chi connectivity index (χ2n) is 21.1. The van der Waals surface area contributed by atoms with Gasteiger partial charge in [0.25, 0.3) is 0 Å². The highest BCUT2D eigenvalue weighted by atomic mass is 16.7. The maximum absolute atomic E-state index is 6.90. The van der Waals surface area contributed by atoms with Gasteiger partial charge in [-0.25, -0.2) is 0 Å². The number of allylic oxidation sites excluding steroid dienone is 2. The van der Waals surface area contributed by atoms with Crippen molar-refractivity contribution in [3.05, 3.63) is 23.0 Å². The van der Waals surface area contributed by atoms with E-state index in [1.807, 2.05) is 0 Å². The van der Waals surface area contributed by atoms with E-state index >= 15 is 0 Å². The van der Waals surface area contributed by atoms with Gasteiger partial charge in [0.1, 0.15) is 23.7 Å². The predicted molar refractivity (Wildman–Crippen MR) is 307 cm³/mol. The van der Waals surface area contributed by atoms with Gasteiger partial charge in [0.2, 0.25) is 0 Å². The molecule has 424 valence electrons. The van der Waals surface area contributed by atoms with Crippen LogP contribution in [0.15, 0.2) is 23.0 Å². The fourth-order valence-corrected chi connectivity index (χ4v) is 9.34. The molecular weight excluding hydrogens is 881 g/mol. The lowest BCUT2D eigenvalue weighted by Gasteiger charge is -2.26. The van der Waals surface area contributed by atoms with E-state index in [0.29, 0.717) is 13.2 Å². The fourth-order valence-electron chi connectivity index (χ4n) is 9.34. The number of ether oxygens (including phenoxy) is 7. The first-order chi connectivity index (χ1) is 35.1. The first-order valence-corrected chi connectivity index (χ1v) is 31.9. The summed E-state index contributed by atoms with van der Waals surface area (Å²) in [7, 11) is 0. The predicted octanol–water partition coefficient (Wildman–Crippen LogP) is 21.5. The summed E-state index contributed by atoms with van der Waals surface area (Å²) >= 11 is 0. The van der Waals surface area contributed by atoms with Gasteiger partial charge >= 0.3 is 0 Å². The van der Waals surface area contributed by atoms with Crippen molar-refractivity contribution in [1.82, 2.24) is 0 Å². The lowest BCUT2D eigenvalue weighted by molar-refractivity contribution is -0.167. The summed E-state index contributed by atoms with van der Waals surface area (Å²) in [5.74, 6) is 3.89. The van der Waals surface area contributed by atoms with Gasteiger partial charge in [0.15, 0.2) is 25.1 Å². The largest absolute Gasteiger partial charge is 0.494 e. The van der Waals surface area contributed by atoms with Crippen LogP contribution in [0.5, 0.6) is 0 Å². The molecule has 0 bridgehead atoms. The SMILES string of the molecule is CCCCCCCCOC(CCCCC)=C(OCCCCCCCC)C(CCCCCCC)OCOCOC(CCCCCCC)C(OCCCCCCCC)=C(CCCCC)OCCCCCCCC. The average Bonchev–Trinajstić information content (AvgIpc) is 3.38. The zero-order valence-electron chi connectivity index (χ0n) is 49.4. The van der Waals surface area contributed by atoms with Crippen molar-refractivity contribution < 1.29 is 33.2 Å². The highest BCUT2D eigenvalue weighted by molar-refractivity contribution is 5.09. The summed E-state index contributed by atoms with van der Waals surface area (Å²) in [6, 6.07) is 0. The minimum absolute atomic E-state index is 0.141. The standard InChI is InChI=1S/C64H126O7/c1-9-17-25-31-37-45-53-66-59(49-41-23-15-7)63(68-55-47-39-33-27-19-11-3)61(51-43-35-29-21-13-5)70-57-65-58-71-62(52-44-36-30-22-14-6)64(69-56-48-40-34-28-20-12-4)60(50-42-24-16-8)67-54-46-38-32-26-18-10-2/h61-62H,9-58H2,1-8H3. The topological polar surface area (TPSA) is 64.6 Å². The Kier molecular flexibility index (Phi) is 56.7. The molecule has 0 heterocycles. The summed E-state index contributed by atoms with van der Waals surface area (Å²) < 4.78 is 47.5. The highest BCUT2D eigenvalue weighted by Crippen LogP contribution is 2.28. The van der Waals surface area contributed by atoms with Crippen molar-refractivity contribution in [3.8, 4) is 0 Å². The van der Waals surface area contributed by atoms with Crippen LogP contribution in [-0.2, 0) is 33.2 Å². The van der Waals surface area contributed by atoms with Crippen LogP contribution in [0.2, 0.25) is 0 Å². The molecule has 0 radical (unpaired) electrons. The molecule has 0 saturated heterocycles. The maximum Gasteiger partial charge on any atom is 0.162 e. The van der Waals surface area contributed by atoms with Crippen LogP contribution in [0.1, 0.15) is 338 Å². The number of unbranched alkanes of at least 4 members (excludes halogenated alkanes) is 32. The normalized spacial score (nSPS) is 13.3. The average molecular weight is 1010 g/mol. The van der Waals surface area contributed by atoms with Gasteiger partial charge in [-0.05, 0) is 51.4 Å². The Bertz CT molecular complexity index is 1020. The van der Waals surface area contributed by atoms with Crippen LogP contribution in [0.4, 0.5) is 0 Å². The van der Waals surface area contributed by atoms with Crippen molar-refractivity contribution in [3.63, 3.8) is 0 Å². The van der Waals surface area contributed by atoms with E-state index in [1.54, 1.807) is 0 Å². The van der Waals surface area contributed by atoms with Gasteiger partial charge in [-0.1, -0.05) is 274 Å². The van der Waals surface area contributed by atoms with Crippen LogP contribution in [0.25, 0.3) is 0 Å². The van der Waals surface area contributed by atoms with E-state index in [9.17, 15) is 0 Å². The summed E-state index contributed by atoms with van der Waals surface area (Å²) in [5, 5.41) is 0. The molecule has 7 heteroatoms. The molecule has 0 aliphatic heterocycles. The molecule has 0 fully saturated rings. The summed E-state index contributed by atoms with van der Waals surface area (Å²) in [4.78, 5) is 0. The Morgan fingerprint density at radius 2 is 0.493 bits per heavy atom. The molecule has 0 aromatic rings. The van der Waals surface area contributed by atoms with E-state index in [1.165, 1.54) is 205 Å². The Morgan fingerprint density at radius 3 is 0.789 bits per heavy atom. The first-order valence-electron chi connectivity index (χ1n) is 31.9. The van der Waals surface area contributed by atoms with Gasteiger partial charge in [-0.15, -0.1) is 0 Å². The molecule has 0 spiro atoms. The molecular formula is C64H126O7. The van der Waals surface area contributed by atoms with Gasteiger partial charge in [0, 0.05) is 12.8 Å². The fraction of sp³-hybridized carbons (Fsp3) is 0.938. The van der Waals surface area contributed by atoms with Crippen LogP contribution < -0.4 is 0 Å². The van der Waals surface area contributed by atoms with Crippen molar-refractivity contribution in [2.75, 3.05) is 40.0 Å². The summed E-state index contributed by atoms with van der Waals surface area (Å²) in [6.07, 6.45) is 52.0. The van der Waals surface area contributed by atoms with Crippen molar-refractivity contribution in [2.45, 2.75) is 350 Å². The molecule has 2 atom stereocenters. The Labute approximate surface area is 444 Å². The molecule has 0 aromatic heterocycles. The smallest absolute Gasteiger partial charge is 0.162 e. The molecule has 0 N–H and O–H groups in total. The number of hydrogen-bond acceptors (Lipinski definition) is 7. The summed E-state index contributed by atoms with van der Waals surface area (Å²) in [5.41, 5.74) is 0. The van der Waals surface area contributed by atoms with E-state index in [-0.39, 0.29) is 25.8 Å². The Balaban J connectivity index is 6.69. The third kappa shape index (κ3) is 44.6. The van der Waals surface area contributed by atoms with Crippen molar-refractivity contribution in [1.29, 1.82) is 0 Å². The van der Waals surface area contributed by atoms with Gasteiger partial charge < -0.3 is 33.2 Å². The molecule has 0 rings (SSSR count). The maximum atomic E-state index is 6.90. The number of rotatable bonds is 60. The quantitative estimate of drug-likeness (QED) is 0.0342. The lowest BCUT2D eigenvalue weighted by atomic mass is 10.0. The van der Waals surface area contributed by atoms with Crippen LogP contribution >= 0.6 is 0 Å². The molecule has 71 heavy (non-hydrogen) atoms. The van der Waals surface area contributed by atoms with Crippen LogP contribution in [0, 0.1) is 0 Å². The van der Waals surface area contributed by atoms with E-state index in [0.717, 1.165) is 113 Å². The third-order valence-corrected chi connectivity index (χ3v) is 14.1. The molecule has 7 nitrogen and oxygen atoms in total. The molecule has 0 aliphatic rings. The Hall–Kier alpha value is -1.44. The first kappa shape index (κ1) is 69.6. The third-order valence-electron chi connectivity index (χ3n) is 14.1. The monoisotopic (exact) mass is 1010 g/mol. The van der Waals surface area contributed by atoms with Gasteiger partial charge in [0.05, 0.1) is 26.4 Å². The molecule has 0 saturated carbocycles. The van der Waals surface area contributed by atoms with Gasteiger partial charge in [-0.3, -0.25) is 0 Å².